The van der Waals surface area contributed by atoms with Crippen molar-refractivity contribution in [3.05, 3.63) is 34.7 Å². The Bertz CT molecular complexity index is 811. The molecule has 2 heterocycles. The standard InChI is InChI=1S/C16H17N3OS/c1-4-20-12-8-6-5-7-11(12)15-18-14(17)13-9(2)10(3)21-16(13)19-15/h5-8H,4H2,1-3H3,(H2,17,18,19). The first kappa shape index (κ1) is 13.8. The molecular formula is C16H17N3OS. The number of aromatic nitrogens is 2. The molecule has 5 heteroatoms. The number of para-hydroxylation sites is 1. The monoisotopic (exact) mass is 299 g/mol. The van der Waals surface area contributed by atoms with Crippen molar-refractivity contribution in [3.8, 4) is 17.1 Å². The van der Waals surface area contributed by atoms with E-state index in [0.717, 1.165) is 27.1 Å². The summed E-state index contributed by atoms with van der Waals surface area (Å²) in [7, 11) is 0. The number of aryl methyl sites for hydroxylation is 2. The largest absolute Gasteiger partial charge is 0.493 e. The highest BCUT2D eigenvalue weighted by atomic mass is 32.1. The number of fused-ring (bicyclic) bond motifs is 1. The van der Waals surface area contributed by atoms with Crippen LogP contribution in [0.3, 0.4) is 0 Å². The van der Waals surface area contributed by atoms with Gasteiger partial charge < -0.3 is 10.5 Å². The Kier molecular flexibility index (Phi) is 3.51. The number of nitrogens with two attached hydrogens (primary N) is 1. The predicted molar refractivity (Wildman–Crippen MR) is 87.9 cm³/mol. The van der Waals surface area contributed by atoms with E-state index in [4.69, 9.17) is 10.5 Å². The number of thiophene rings is 1. The molecule has 0 spiro atoms. The second-order valence-corrected chi connectivity index (χ2v) is 6.03. The summed E-state index contributed by atoms with van der Waals surface area (Å²) >= 11 is 1.65. The van der Waals surface area contributed by atoms with E-state index in [2.05, 4.69) is 23.8 Å². The second-order valence-electron chi connectivity index (χ2n) is 4.83. The molecule has 0 bridgehead atoms. The first-order chi connectivity index (χ1) is 10.1. The highest BCUT2D eigenvalue weighted by Gasteiger charge is 2.15. The van der Waals surface area contributed by atoms with Gasteiger partial charge in [0.25, 0.3) is 0 Å². The molecule has 0 atom stereocenters. The van der Waals surface area contributed by atoms with Gasteiger partial charge in [0.05, 0.1) is 17.6 Å². The van der Waals surface area contributed by atoms with Gasteiger partial charge in [-0.3, -0.25) is 0 Å². The topological polar surface area (TPSA) is 61.0 Å². The van der Waals surface area contributed by atoms with Crippen molar-refractivity contribution in [1.82, 2.24) is 9.97 Å². The fourth-order valence-corrected chi connectivity index (χ4v) is 3.37. The molecule has 2 aromatic heterocycles. The summed E-state index contributed by atoms with van der Waals surface area (Å²) in [5, 5.41) is 0.968. The first-order valence-electron chi connectivity index (χ1n) is 6.87. The lowest BCUT2D eigenvalue weighted by Crippen LogP contribution is -1.99. The second kappa shape index (κ2) is 5.33. The van der Waals surface area contributed by atoms with E-state index >= 15 is 0 Å². The van der Waals surface area contributed by atoms with Gasteiger partial charge in [0.2, 0.25) is 0 Å². The summed E-state index contributed by atoms with van der Waals surface area (Å²) in [6, 6.07) is 7.77. The lowest BCUT2D eigenvalue weighted by atomic mass is 10.1. The smallest absolute Gasteiger partial charge is 0.166 e. The summed E-state index contributed by atoms with van der Waals surface area (Å²) in [6.45, 7) is 6.70. The quantitative estimate of drug-likeness (QED) is 0.795. The molecule has 0 saturated carbocycles. The molecule has 0 saturated heterocycles. The number of benzene rings is 1. The fourth-order valence-electron chi connectivity index (χ4n) is 2.33. The Morgan fingerprint density at radius 1 is 1.19 bits per heavy atom. The number of hydrogen-bond acceptors (Lipinski definition) is 5. The average Bonchev–Trinajstić information content (AvgIpc) is 2.75. The summed E-state index contributed by atoms with van der Waals surface area (Å²) in [5.41, 5.74) is 8.18. The Morgan fingerprint density at radius 3 is 2.71 bits per heavy atom. The van der Waals surface area contributed by atoms with E-state index in [0.29, 0.717) is 18.2 Å². The van der Waals surface area contributed by atoms with E-state index in [1.165, 1.54) is 4.88 Å². The van der Waals surface area contributed by atoms with Gasteiger partial charge in [0.15, 0.2) is 5.82 Å². The maximum atomic E-state index is 6.15. The van der Waals surface area contributed by atoms with Gasteiger partial charge in [-0.2, -0.15) is 0 Å². The van der Waals surface area contributed by atoms with Crippen LogP contribution in [0.4, 0.5) is 5.82 Å². The van der Waals surface area contributed by atoms with E-state index in [-0.39, 0.29) is 0 Å². The van der Waals surface area contributed by atoms with Crippen LogP contribution in [0.5, 0.6) is 5.75 Å². The fraction of sp³-hybridized carbons (Fsp3) is 0.250. The first-order valence-corrected chi connectivity index (χ1v) is 7.69. The number of anilines is 1. The number of hydrogen-bond donors (Lipinski definition) is 1. The molecule has 0 aliphatic carbocycles. The third-order valence-corrected chi connectivity index (χ3v) is 4.59. The van der Waals surface area contributed by atoms with Crippen LogP contribution in [0.2, 0.25) is 0 Å². The van der Waals surface area contributed by atoms with Gasteiger partial charge in [0.1, 0.15) is 16.4 Å². The van der Waals surface area contributed by atoms with Crippen molar-refractivity contribution >= 4 is 27.4 Å². The molecule has 1 aromatic carbocycles. The maximum absolute atomic E-state index is 6.15. The zero-order valence-corrected chi connectivity index (χ0v) is 13.1. The third kappa shape index (κ3) is 2.34. The Hall–Kier alpha value is -2.14. The van der Waals surface area contributed by atoms with E-state index in [1.807, 2.05) is 31.2 Å². The molecule has 0 amide bonds. The van der Waals surface area contributed by atoms with Crippen LogP contribution in [0.15, 0.2) is 24.3 Å². The summed E-state index contributed by atoms with van der Waals surface area (Å²) in [6.07, 6.45) is 0. The Balaban J connectivity index is 2.22. The molecule has 2 N–H and O–H groups in total. The molecule has 3 rings (SSSR count). The average molecular weight is 299 g/mol. The Labute approximate surface area is 127 Å². The van der Waals surface area contributed by atoms with Gasteiger partial charge in [-0.05, 0) is 38.5 Å². The summed E-state index contributed by atoms with van der Waals surface area (Å²) < 4.78 is 5.65. The molecule has 0 aliphatic heterocycles. The molecule has 0 unspecified atom stereocenters. The highest BCUT2D eigenvalue weighted by Crippen LogP contribution is 2.35. The number of nitrogens with zero attached hydrogens (tertiary/aromatic N) is 2. The van der Waals surface area contributed by atoms with Crippen LogP contribution < -0.4 is 10.5 Å². The maximum Gasteiger partial charge on any atom is 0.166 e. The number of ether oxygens (including phenoxy) is 1. The van der Waals surface area contributed by atoms with Gasteiger partial charge >= 0.3 is 0 Å². The van der Waals surface area contributed by atoms with Crippen molar-refractivity contribution in [2.45, 2.75) is 20.8 Å². The van der Waals surface area contributed by atoms with Crippen LogP contribution >= 0.6 is 11.3 Å². The molecule has 0 fully saturated rings. The molecule has 0 radical (unpaired) electrons. The van der Waals surface area contributed by atoms with E-state index < -0.39 is 0 Å². The van der Waals surface area contributed by atoms with Crippen LogP contribution in [-0.4, -0.2) is 16.6 Å². The van der Waals surface area contributed by atoms with Crippen molar-refractivity contribution in [2.75, 3.05) is 12.3 Å². The molecule has 4 nitrogen and oxygen atoms in total. The third-order valence-electron chi connectivity index (χ3n) is 3.48. The van der Waals surface area contributed by atoms with Gasteiger partial charge in [-0.1, -0.05) is 12.1 Å². The summed E-state index contributed by atoms with van der Waals surface area (Å²) in [5.74, 6) is 1.93. The SMILES string of the molecule is CCOc1ccccc1-c1nc(N)c2c(C)c(C)sc2n1. The molecule has 21 heavy (non-hydrogen) atoms. The summed E-state index contributed by atoms with van der Waals surface area (Å²) in [4.78, 5) is 11.3. The molecular weight excluding hydrogens is 282 g/mol. The number of rotatable bonds is 3. The van der Waals surface area contributed by atoms with Gasteiger partial charge in [-0.25, -0.2) is 9.97 Å². The van der Waals surface area contributed by atoms with E-state index in [1.54, 1.807) is 11.3 Å². The van der Waals surface area contributed by atoms with Gasteiger partial charge in [0, 0.05) is 4.88 Å². The van der Waals surface area contributed by atoms with Crippen molar-refractivity contribution in [1.29, 1.82) is 0 Å². The van der Waals surface area contributed by atoms with E-state index in [9.17, 15) is 0 Å². The molecule has 3 aromatic rings. The van der Waals surface area contributed by atoms with Crippen LogP contribution in [-0.2, 0) is 0 Å². The molecule has 108 valence electrons. The van der Waals surface area contributed by atoms with Gasteiger partial charge in [-0.15, -0.1) is 11.3 Å². The van der Waals surface area contributed by atoms with Crippen LogP contribution in [0, 0.1) is 13.8 Å². The molecule has 0 aliphatic rings. The zero-order valence-electron chi connectivity index (χ0n) is 12.3. The lowest BCUT2D eigenvalue weighted by Gasteiger charge is -2.09. The Morgan fingerprint density at radius 2 is 1.95 bits per heavy atom. The minimum Gasteiger partial charge on any atom is -0.493 e. The predicted octanol–water partition coefficient (Wildman–Crippen LogP) is 3.96. The van der Waals surface area contributed by atoms with Crippen LogP contribution in [0.25, 0.3) is 21.6 Å². The minimum atomic E-state index is 0.531. The normalized spacial score (nSPS) is 11.0. The van der Waals surface area contributed by atoms with Crippen molar-refractivity contribution < 1.29 is 4.74 Å². The van der Waals surface area contributed by atoms with Crippen LogP contribution in [0.1, 0.15) is 17.4 Å². The highest BCUT2D eigenvalue weighted by molar-refractivity contribution is 7.18. The zero-order chi connectivity index (χ0) is 15.0. The minimum absolute atomic E-state index is 0.531. The lowest BCUT2D eigenvalue weighted by molar-refractivity contribution is 0.341. The van der Waals surface area contributed by atoms with Crippen molar-refractivity contribution in [2.24, 2.45) is 0 Å². The number of nitrogen functional groups attached to an aromatic ring is 1. The van der Waals surface area contributed by atoms with Crippen molar-refractivity contribution in [3.63, 3.8) is 0 Å².